The van der Waals surface area contributed by atoms with Gasteiger partial charge in [0.15, 0.2) is 0 Å². The van der Waals surface area contributed by atoms with Crippen molar-refractivity contribution in [2.45, 2.75) is 19.9 Å². The Hall–Kier alpha value is -2.45. The SMILES string of the molecule is CCCn1c(N)c(NCCNC(N)=O)c(=O)[nH]c1=O. The molecule has 0 aliphatic carbocycles. The number of aromatic nitrogens is 2. The number of hydrogen-bond acceptors (Lipinski definition) is 5. The second-order valence-electron chi connectivity index (χ2n) is 3.89. The van der Waals surface area contributed by atoms with E-state index in [2.05, 4.69) is 15.6 Å². The Morgan fingerprint density at radius 1 is 1.37 bits per heavy atom. The fraction of sp³-hybridized carbons (Fsp3) is 0.500. The van der Waals surface area contributed by atoms with Crippen molar-refractivity contribution in [1.29, 1.82) is 0 Å². The summed E-state index contributed by atoms with van der Waals surface area (Å²) in [5, 5.41) is 5.12. The van der Waals surface area contributed by atoms with Crippen LogP contribution >= 0.6 is 0 Å². The van der Waals surface area contributed by atoms with E-state index in [1.54, 1.807) is 0 Å². The lowest BCUT2D eigenvalue weighted by Gasteiger charge is -2.13. The van der Waals surface area contributed by atoms with E-state index in [1.165, 1.54) is 4.57 Å². The van der Waals surface area contributed by atoms with Crippen LogP contribution in [0.25, 0.3) is 0 Å². The first-order chi connectivity index (χ1) is 8.97. The Labute approximate surface area is 109 Å². The molecule has 0 aliphatic heterocycles. The summed E-state index contributed by atoms with van der Waals surface area (Å²) in [6.45, 7) is 2.80. The highest BCUT2D eigenvalue weighted by atomic mass is 16.2. The Morgan fingerprint density at radius 2 is 2.05 bits per heavy atom. The maximum absolute atomic E-state index is 11.6. The third-order valence-electron chi connectivity index (χ3n) is 2.41. The summed E-state index contributed by atoms with van der Waals surface area (Å²) >= 11 is 0. The molecule has 0 saturated heterocycles. The highest BCUT2D eigenvalue weighted by Gasteiger charge is 2.10. The maximum atomic E-state index is 11.6. The van der Waals surface area contributed by atoms with Crippen molar-refractivity contribution in [2.75, 3.05) is 24.1 Å². The van der Waals surface area contributed by atoms with Crippen LogP contribution in [0.5, 0.6) is 0 Å². The van der Waals surface area contributed by atoms with Crippen molar-refractivity contribution in [1.82, 2.24) is 14.9 Å². The van der Waals surface area contributed by atoms with Crippen molar-refractivity contribution in [2.24, 2.45) is 5.73 Å². The number of nitrogens with two attached hydrogens (primary N) is 2. The number of amides is 2. The van der Waals surface area contributed by atoms with Gasteiger partial charge in [0, 0.05) is 19.6 Å². The predicted molar refractivity (Wildman–Crippen MR) is 72.1 cm³/mol. The molecule has 9 nitrogen and oxygen atoms in total. The molecule has 0 atom stereocenters. The highest BCUT2D eigenvalue weighted by molar-refractivity contribution is 5.71. The van der Waals surface area contributed by atoms with Gasteiger partial charge in [0.1, 0.15) is 11.5 Å². The molecule has 0 spiro atoms. The summed E-state index contributed by atoms with van der Waals surface area (Å²) in [5.41, 5.74) is 9.67. The number of H-pyrrole nitrogens is 1. The van der Waals surface area contributed by atoms with Gasteiger partial charge in [0.05, 0.1) is 0 Å². The molecule has 0 fully saturated rings. The molecule has 1 aromatic rings. The van der Waals surface area contributed by atoms with Gasteiger partial charge in [-0.15, -0.1) is 0 Å². The number of rotatable bonds is 6. The largest absolute Gasteiger partial charge is 0.383 e. The van der Waals surface area contributed by atoms with Gasteiger partial charge in [0.2, 0.25) is 0 Å². The predicted octanol–water partition coefficient (Wildman–Crippen LogP) is -1.39. The fourth-order valence-corrected chi connectivity index (χ4v) is 1.58. The van der Waals surface area contributed by atoms with E-state index in [4.69, 9.17) is 11.5 Å². The number of hydrogen-bond donors (Lipinski definition) is 5. The van der Waals surface area contributed by atoms with Gasteiger partial charge >= 0.3 is 11.7 Å². The van der Waals surface area contributed by atoms with Crippen LogP contribution in [0.4, 0.5) is 16.3 Å². The zero-order valence-corrected chi connectivity index (χ0v) is 10.7. The number of carbonyl (C=O) groups excluding carboxylic acids is 1. The van der Waals surface area contributed by atoms with Crippen LogP contribution in [0.2, 0.25) is 0 Å². The van der Waals surface area contributed by atoms with E-state index < -0.39 is 17.3 Å². The summed E-state index contributed by atoms with van der Waals surface area (Å²) in [7, 11) is 0. The van der Waals surface area contributed by atoms with Crippen molar-refractivity contribution < 1.29 is 4.79 Å². The van der Waals surface area contributed by atoms with Crippen LogP contribution < -0.4 is 33.3 Å². The Morgan fingerprint density at radius 3 is 2.63 bits per heavy atom. The first-order valence-corrected chi connectivity index (χ1v) is 5.87. The Bertz CT molecular complexity index is 561. The lowest BCUT2D eigenvalue weighted by molar-refractivity contribution is 0.249. The minimum Gasteiger partial charge on any atom is -0.383 e. The fourth-order valence-electron chi connectivity index (χ4n) is 1.58. The van der Waals surface area contributed by atoms with Gasteiger partial charge < -0.3 is 22.1 Å². The van der Waals surface area contributed by atoms with E-state index in [0.29, 0.717) is 13.0 Å². The minimum atomic E-state index is -0.653. The van der Waals surface area contributed by atoms with E-state index in [1.807, 2.05) is 6.92 Å². The second-order valence-corrected chi connectivity index (χ2v) is 3.89. The summed E-state index contributed by atoms with van der Waals surface area (Å²) in [4.78, 5) is 35.8. The van der Waals surface area contributed by atoms with E-state index in [0.717, 1.165) is 0 Å². The summed E-state index contributed by atoms with van der Waals surface area (Å²) in [5.74, 6) is 0.0784. The minimum absolute atomic E-state index is 0.0784. The first kappa shape index (κ1) is 14.6. The number of nitrogens with zero attached hydrogens (tertiary/aromatic N) is 1. The van der Waals surface area contributed by atoms with Crippen LogP contribution in [0.1, 0.15) is 13.3 Å². The topological polar surface area (TPSA) is 148 Å². The third-order valence-corrected chi connectivity index (χ3v) is 2.41. The number of aromatic amines is 1. The number of nitrogens with one attached hydrogen (secondary N) is 3. The summed E-state index contributed by atoms with van der Waals surface area (Å²) in [6.07, 6.45) is 0.707. The lowest BCUT2D eigenvalue weighted by Crippen LogP contribution is -2.36. The van der Waals surface area contributed by atoms with Gasteiger partial charge in [-0.25, -0.2) is 9.59 Å². The molecule has 0 saturated carbocycles. The molecule has 1 heterocycles. The smallest absolute Gasteiger partial charge is 0.330 e. The van der Waals surface area contributed by atoms with Crippen LogP contribution in [-0.2, 0) is 6.54 Å². The molecule has 1 rings (SSSR count). The van der Waals surface area contributed by atoms with Gasteiger partial charge in [0.25, 0.3) is 5.56 Å². The van der Waals surface area contributed by atoms with Crippen molar-refractivity contribution in [3.05, 3.63) is 20.8 Å². The van der Waals surface area contributed by atoms with Crippen LogP contribution in [0.15, 0.2) is 9.59 Å². The standard InChI is InChI=1S/C10H18N6O3/c1-2-5-16-7(11)6(8(17)15-10(16)19)13-3-4-14-9(12)18/h13H,2-5,11H2,1H3,(H3,12,14,18)(H,15,17,19). The average Bonchev–Trinajstić information content (AvgIpc) is 2.33. The molecule has 19 heavy (non-hydrogen) atoms. The second kappa shape index (κ2) is 6.47. The lowest BCUT2D eigenvalue weighted by atomic mass is 10.4. The molecule has 0 radical (unpaired) electrons. The molecule has 0 bridgehead atoms. The number of nitrogen functional groups attached to an aromatic ring is 1. The molecular formula is C10H18N6O3. The van der Waals surface area contributed by atoms with Crippen molar-refractivity contribution in [3.63, 3.8) is 0 Å². The van der Waals surface area contributed by atoms with Crippen LogP contribution in [0.3, 0.4) is 0 Å². The normalized spacial score (nSPS) is 10.2. The summed E-state index contributed by atoms with van der Waals surface area (Å²) < 4.78 is 1.28. The maximum Gasteiger partial charge on any atom is 0.330 e. The number of carbonyl (C=O) groups is 1. The summed E-state index contributed by atoms with van der Waals surface area (Å²) in [6, 6.07) is -0.653. The molecule has 0 unspecified atom stereocenters. The quantitative estimate of drug-likeness (QED) is 0.403. The zero-order valence-electron chi connectivity index (χ0n) is 10.7. The van der Waals surface area contributed by atoms with Crippen molar-refractivity contribution >= 4 is 17.5 Å². The number of urea groups is 1. The van der Waals surface area contributed by atoms with Gasteiger partial charge in [-0.3, -0.25) is 14.3 Å². The molecule has 0 aromatic carbocycles. The Balaban J connectivity index is 2.88. The van der Waals surface area contributed by atoms with E-state index in [-0.39, 0.29) is 24.6 Å². The molecule has 106 valence electrons. The average molecular weight is 270 g/mol. The van der Waals surface area contributed by atoms with E-state index in [9.17, 15) is 14.4 Å². The van der Waals surface area contributed by atoms with Gasteiger partial charge in [-0.2, -0.15) is 0 Å². The molecule has 7 N–H and O–H groups in total. The molecule has 1 aromatic heterocycles. The first-order valence-electron chi connectivity index (χ1n) is 5.87. The monoisotopic (exact) mass is 270 g/mol. The number of anilines is 2. The van der Waals surface area contributed by atoms with Crippen LogP contribution in [0, 0.1) is 0 Å². The molecule has 9 heteroatoms. The number of primary amides is 1. The highest BCUT2D eigenvalue weighted by Crippen LogP contribution is 2.09. The Kier molecular flexibility index (Phi) is 4.98. The third kappa shape index (κ3) is 3.76. The van der Waals surface area contributed by atoms with E-state index >= 15 is 0 Å². The molecule has 2 amide bonds. The molecule has 0 aliphatic rings. The van der Waals surface area contributed by atoms with Gasteiger partial charge in [-0.1, -0.05) is 6.92 Å². The zero-order chi connectivity index (χ0) is 14.4. The molecular weight excluding hydrogens is 252 g/mol. The van der Waals surface area contributed by atoms with Crippen molar-refractivity contribution in [3.8, 4) is 0 Å². The van der Waals surface area contributed by atoms with Crippen LogP contribution in [-0.4, -0.2) is 28.7 Å². The van der Waals surface area contributed by atoms with Gasteiger partial charge in [-0.05, 0) is 6.42 Å².